The van der Waals surface area contributed by atoms with E-state index in [1.165, 1.54) is 12.1 Å². The molecule has 32 heavy (non-hydrogen) atoms. The number of carbonyl (C=O) groups is 2. The lowest BCUT2D eigenvalue weighted by atomic mass is 9.44. The summed E-state index contributed by atoms with van der Waals surface area (Å²) in [6.45, 7) is 2.00. The lowest BCUT2D eigenvalue weighted by Gasteiger charge is -2.70. The summed E-state index contributed by atoms with van der Waals surface area (Å²) < 4.78 is 19.9. The molecule has 5 saturated carbocycles. The second kappa shape index (κ2) is 6.56. The highest BCUT2D eigenvalue weighted by molar-refractivity contribution is 5.85. The number of benzene rings is 1. The number of ether oxygens (including phenoxy) is 1. The average Bonchev–Trinajstić information content (AvgIpc) is 3.19. The summed E-state index contributed by atoms with van der Waals surface area (Å²) in [5.74, 6) is 1.73. The van der Waals surface area contributed by atoms with Crippen LogP contribution in [-0.4, -0.2) is 39.3 Å². The van der Waals surface area contributed by atoms with Crippen LogP contribution in [0.25, 0.3) is 10.9 Å². The van der Waals surface area contributed by atoms with Crippen LogP contribution in [-0.2, 0) is 4.79 Å². The van der Waals surface area contributed by atoms with Gasteiger partial charge in [-0.25, -0.2) is 9.18 Å². The molecular formula is C24H26FN3O4. The fourth-order valence-corrected chi connectivity index (χ4v) is 6.89. The summed E-state index contributed by atoms with van der Waals surface area (Å²) in [7, 11) is 0. The van der Waals surface area contributed by atoms with E-state index in [0.717, 1.165) is 12.8 Å². The summed E-state index contributed by atoms with van der Waals surface area (Å²) in [6, 6.07) is 6.31. The molecule has 1 unspecified atom stereocenters. The highest BCUT2D eigenvalue weighted by Crippen LogP contribution is 2.63. The van der Waals surface area contributed by atoms with Gasteiger partial charge in [0.2, 0.25) is 5.91 Å². The van der Waals surface area contributed by atoms with Crippen molar-refractivity contribution in [2.45, 2.75) is 56.2 Å². The molecule has 1 aromatic heterocycles. The minimum Gasteiger partial charge on any atom is -0.490 e. The van der Waals surface area contributed by atoms with Gasteiger partial charge >= 0.3 is 6.09 Å². The highest BCUT2D eigenvalue weighted by Gasteiger charge is 2.70. The number of hydrogen-bond acceptors (Lipinski definition) is 4. The molecule has 7 rings (SSSR count). The molecule has 0 aliphatic heterocycles. The Kier molecular flexibility index (Phi) is 4.05. The van der Waals surface area contributed by atoms with Gasteiger partial charge in [0.25, 0.3) is 0 Å². The van der Waals surface area contributed by atoms with Crippen LogP contribution in [0.3, 0.4) is 0 Å². The van der Waals surface area contributed by atoms with Crippen molar-refractivity contribution in [1.29, 1.82) is 0 Å². The Morgan fingerprint density at radius 3 is 2.53 bits per heavy atom. The predicted molar refractivity (Wildman–Crippen MR) is 114 cm³/mol. The van der Waals surface area contributed by atoms with E-state index in [9.17, 15) is 14.0 Å². The molecule has 5 aliphatic rings. The number of hydrogen-bond donors (Lipinski definition) is 3. The highest BCUT2D eigenvalue weighted by atomic mass is 19.1. The lowest BCUT2D eigenvalue weighted by molar-refractivity contribution is -0.143. The Bertz CT molecular complexity index is 1110. The zero-order chi connectivity index (χ0) is 22.3. The van der Waals surface area contributed by atoms with Gasteiger partial charge in [0.1, 0.15) is 11.6 Å². The Morgan fingerprint density at radius 2 is 1.84 bits per heavy atom. The number of fused-ring (bicyclic) bond motifs is 2. The molecule has 5 atom stereocenters. The van der Waals surface area contributed by atoms with Gasteiger partial charge in [0, 0.05) is 23.0 Å². The van der Waals surface area contributed by atoms with Gasteiger partial charge in [-0.15, -0.1) is 0 Å². The summed E-state index contributed by atoms with van der Waals surface area (Å²) >= 11 is 0. The van der Waals surface area contributed by atoms with E-state index in [-0.39, 0.29) is 34.8 Å². The van der Waals surface area contributed by atoms with Gasteiger partial charge in [0.15, 0.2) is 0 Å². The summed E-state index contributed by atoms with van der Waals surface area (Å²) in [5.41, 5.74) is 0.189. The predicted octanol–water partition coefficient (Wildman–Crippen LogP) is 3.47. The zero-order valence-electron chi connectivity index (χ0n) is 17.8. The van der Waals surface area contributed by atoms with Gasteiger partial charge < -0.3 is 20.5 Å². The average molecular weight is 439 g/mol. The fourth-order valence-electron chi connectivity index (χ4n) is 6.89. The van der Waals surface area contributed by atoms with Crippen molar-refractivity contribution in [2.24, 2.45) is 23.7 Å². The molecule has 1 aromatic carbocycles. The normalized spacial score (nSPS) is 36.9. The van der Waals surface area contributed by atoms with E-state index < -0.39 is 6.09 Å². The number of nitrogens with zero attached hydrogens (tertiary/aromatic N) is 1. The maximum atomic E-state index is 13.7. The van der Waals surface area contributed by atoms with Crippen LogP contribution in [0.1, 0.15) is 39.0 Å². The number of pyridine rings is 1. The smallest absolute Gasteiger partial charge is 0.405 e. The molecule has 1 heterocycles. The van der Waals surface area contributed by atoms with E-state index in [2.05, 4.69) is 15.6 Å². The molecule has 0 spiro atoms. The van der Waals surface area contributed by atoms with Crippen LogP contribution in [0, 0.1) is 29.5 Å². The fraction of sp³-hybridized carbons (Fsp3) is 0.542. The maximum absolute atomic E-state index is 13.7. The molecule has 7 nitrogen and oxygen atoms in total. The Hall–Kier alpha value is -2.90. The van der Waals surface area contributed by atoms with Crippen molar-refractivity contribution in [3.63, 3.8) is 0 Å². The van der Waals surface area contributed by atoms with E-state index in [0.29, 0.717) is 53.7 Å². The lowest BCUT2D eigenvalue weighted by Crippen LogP contribution is -2.84. The third-order valence-electron chi connectivity index (χ3n) is 8.21. The van der Waals surface area contributed by atoms with Gasteiger partial charge in [-0.1, -0.05) is 6.92 Å². The van der Waals surface area contributed by atoms with Crippen LogP contribution >= 0.6 is 0 Å². The molecule has 5 aliphatic carbocycles. The topological polar surface area (TPSA) is 101 Å². The van der Waals surface area contributed by atoms with Crippen LogP contribution in [0.4, 0.5) is 9.18 Å². The molecule has 168 valence electrons. The summed E-state index contributed by atoms with van der Waals surface area (Å²) in [5, 5.41) is 15.4. The summed E-state index contributed by atoms with van der Waals surface area (Å²) in [6.07, 6.45) is 4.65. The second-order valence-corrected chi connectivity index (χ2v) is 10.4. The second-order valence-electron chi connectivity index (χ2n) is 10.4. The van der Waals surface area contributed by atoms with Crippen LogP contribution < -0.4 is 15.4 Å². The van der Waals surface area contributed by atoms with Crippen molar-refractivity contribution in [3.8, 4) is 5.75 Å². The molecule has 2 bridgehead atoms. The standard InChI is InChI=1S/C24H26FN3O4/c1-12(21(29)27-23-9-24(10-23,11-23)28-22(30)31)20-15-7-14(8-16(15)20)32-19-4-5-26-18-3-2-13(25)6-17(18)19/h2-6,12,14-16,20,28H,7-11H2,1H3,(H,27,29)(H,30,31)/t12?,14-,15-,16+,20-,23?,24?. The first-order valence-corrected chi connectivity index (χ1v) is 11.3. The molecule has 2 amide bonds. The van der Waals surface area contributed by atoms with Crippen molar-refractivity contribution in [1.82, 2.24) is 15.6 Å². The molecule has 0 radical (unpaired) electrons. The number of halogens is 1. The van der Waals surface area contributed by atoms with Crippen LogP contribution in [0.2, 0.25) is 0 Å². The Labute approximate surface area is 184 Å². The van der Waals surface area contributed by atoms with Crippen molar-refractivity contribution in [3.05, 3.63) is 36.3 Å². The number of amides is 2. The Morgan fingerprint density at radius 1 is 1.16 bits per heavy atom. The minimum absolute atomic E-state index is 0.0563. The van der Waals surface area contributed by atoms with Crippen molar-refractivity contribution in [2.75, 3.05) is 0 Å². The first-order chi connectivity index (χ1) is 15.3. The zero-order valence-corrected chi connectivity index (χ0v) is 17.8. The quantitative estimate of drug-likeness (QED) is 0.640. The molecular weight excluding hydrogens is 413 g/mol. The number of carbonyl (C=O) groups excluding carboxylic acids is 1. The largest absolute Gasteiger partial charge is 0.490 e. The number of carboxylic acid groups (broad SMARTS) is 1. The summed E-state index contributed by atoms with van der Waals surface area (Å²) in [4.78, 5) is 28.0. The molecule has 8 heteroatoms. The minimum atomic E-state index is -0.995. The third-order valence-corrected chi connectivity index (χ3v) is 8.21. The number of nitrogens with one attached hydrogen (secondary N) is 2. The maximum Gasteiger partial charge on any atom is 0.405 e. The van der Waals surface area contributed by atoms with Gasteiger partial charge in [0.05, 0.1) is 17.2 Å². The van der Waals surface area contributed by atoms with E-state index in [1.54, 1.807) is 18.3 Å². The van der Waals surface area contributed by atoms with Crippen molar-refractivity contribution >= 4 is 22.9 Å². The third kappa shape index (κ3) is 3.03. The van der Waals surface area contributed by atoms with E-state index in [4.69, 9.17) is 9.84 Å². The molecule has 3 N–H and O–H groups in total. The van der Waals surface area contributed by atoms with Gasteiger partial charge in [-0.05, 0) is 74.1 Å². The van der Waals surface area contributed by atoms with Crippen molar-refractivity contribution < 1.29 is 23.8 Å². The van der Waals surface area contributed by atoms with Crippen LogP contribution in [0.5, 0.6) is 5.75 Å². The first kappa shape index (κ1) is 19.8. The number of rotatable bonds is 6. The van der Waals surface area contributed by atoms with E-state index >= 15 is 0 Å². The van der Waals surface area contributed by atoms with Crippen LogP contribution in [0.15, 0.2) is 30.5 Å². The SMILES string of the molecule is CC(C(=O)NC12CC(NC(=O)O)(C1)C2)[C@@H]1[C@@H]2C[C@@H](Oc3ccnc4ccc(F)cc34)C[C@@H]21. The monoisotopic (exact) mass is 439 g/mol. The van der Waals surface area contributed by atoms with Gasteiger partial charge in [-0.2, -0.15) is 0 Å². The number of aromatic nitrogens is 1. The van der Waals surface area contributed by atoms with Gasteiger partial charge in [-0.3, -0.25) is 9.78 Å². The molecule has 0 saturated heterocycles. The molecule has 2 aromatic rings. The Balaban J connectivity index is 1.03. The molecule has 5 fully saturated rings. The van der Waals surface area contributed by atoms with E-state index in [1.807, 2.05) is 6.92 Å². The first-order valence-electron chi connectivity index (χ1n) is 11.3.